The maximum absolute atomic E-state index is 9.86. The number of hydrogen-bond donors (Lipinski definition) is 3. The van der Waals surface area contributed by atoms with E-state index in [9.17, 15) is 5.11 Å². The van der Waals surface area contributed by atoms with Gasteiger partial charge in [-0.05, 0) is 80.9 Å². The molecule has 1 unspecified atom stereocenters. The Morgan fingerprint density at radius 1 is 1.05 bits per heavy atom. The van der Waals surface area contributed by atoms with Crippen LogP contribution in [0.2, 0.25) is 0 Å². The molecule has 2 aliphatic rings. The molecule has 38 heavy (non-hydrogen) atoms. The van der Waals surface area contributed by atoms with E-state index in [0.717, 1.165) is 49.1 Å². The number of phenolic OH excluding ortho intramolecular Hbond substituents is 1. The molecule has 2 fully saturated rings. The SMILES string of the molecule is CC(C)CN1CCC2(CC1)CCN(CCCn1ccnc1C(Cc1ncc[nH]1)NCc1cccc(O)c1)C2. The molecule has 0 radical (unpaired) electrons. The Kier molecular flexibility index (Phi) is 8.82. The van der Waals surface area contributed by atoms with Gasteiger partial charge < -0.3 is 29.8 Å². The number of likely N-dealkylation sites (tertiary alicyclic amines) is 2. The molecule has 1 spiro atoms. The summed E-state index contributed by atoms with van der Waals surface area (Å²) in [5.74, 6) is 3.03. The third-order valence-corrected chi connectivity index (χ3v) is 8.41. The molecular weight excluding hydrogens is 474 g/mol. The fraction of sp³-hybridized carbons (Fsp3) is 0.600. The Morgan fingerprint density at radius 2 is 1.87 bits per heavy atom. The van der Waals surface area contributed by atoms with Gasteiger partial charge in [0.05, 0.1) is 6.04 Å². The van der Waals surface area contributed by atoms with Gasteiger partial charge >= 0.3 is 0 Å². The molecule has 5 rings (SSSR count). The summed E-state index contributed by atoms with van der Waals surface area (Å²) >= 11 is 0. The highest BCUT2D eigenvalue weighted by Crippen LogP contribution is 2.40. The lowest BCUT2D eigenvalue weighted by atomic mass is 9.77. The van der Waals surface area contributed by atoms with E-state index in [2.05, 4.69) is 49.7 Å². The van der Waals surface area contributed by atoms with E-state index in [-0.39, 0.29) is 11.8 Å². The van der Waals surface area contributed by atoms with Gasteiger partial charge in [0.1, 0.15) is 17.4 Å². The van der Waals surface area contributed by atoms with Crippen LogP contribution < -0.4 is 5.32 Å². The number of aromatic hydroxyl groups is 1. The summed E-state index contributed by atoms with van der Waals surface area (Å²) in [6.45, 7) is 13.7. The summed E-state index contributed by atoms with van der Waals surface area (Å²) in [5, 5.41) is 13.5. The summed E-state index contributed by atoms with van der Waals surface area (Å²) < 4.78 is 2.30. The van der Waals surface area contributed by atoms with Crippen LogP contribution in [0.25, 0.3) is 0 Å². The predicted molar refractivity (Wildman–Crippen MR) is 151 cm³/mol. The molecule has 206 valence electrons. The average Bonchev–Trinajstić information content (AvgIpc) is 3.66. The number of aryl methyl sites for hydroxylation is 1. The zero-order valence-electron chi connectivity index (χ0n) is 23.1. The van der Waals surface area contributed by atoms with Crippen LogP contribution in [0.15, 0.2) is 49.1 Å². The van der Waals surface area contributed by atoms with Crippen LogP contribution in [-0.2, 0) is 19.5 Å². The zero-order chi connectivity index (χ0) is 26.4. The highest BCUT2D eigenvalue weighted by molar-refractivity contribution is 5.27. The van der Waals surface area contributed by atoms with Crippen LogP contribution in [0.1, 0.15) is 62.8 Å². The molecular formula is C30H45N7O. The standard InChI is InChI=1S/C30H45N7O/c1-24(2)22-35-15-7-30(8-16-35)9-17-36(23-30)13-4-14-37-18-12-33-29(37)27(20-28-31-10-11-32-28)34-21-25-5-3-6-26(38)19-25/h3,5-6,10-12,18-19,24,27,34,38H,4,7-9,13-17,20-23H2,1-2H3,(H,31,32). The summed E-state index contributed by atoms with van der Waals surface area (Å²) in [6, 6.07) is 7.44. The van der Waals surface area contributed by atoms with Crippen molar-refractivity contribution < 1.29 is 5.11 Å². The smallest absolute Gasteiger partial charge is 0.126 e. The first-order valence-electron chi connectivity index (χ1n) is 14.4. The van der Waals surface area contributed by atoms with Crippen LogP contribution >= 0.6 is 0 Å². The van der Waals surface area contributed by atoms with Crippen molar-refractivity contribution in [3.8, 4) is 5.75 Å². The largest absolute Gasteiger partial charge is 0.508 e. The Labute approximate surface area is 227 Å². The van der Waals surface area contributed by atoms with Crippen molar-refractivity contribution in [1.29, 1.82) is 0 Å². The highest BCUT2D eigenvalue weighted by atomic mass is 16.3. The normalized spacial score (nSPS) is 19.0. The van der Waals surface area contributed by atoms with Crippen molar-refractivity contribution in [3.63, 3.8) is 0 Å². The van der Waals surface area contributed by atoms with E-state index in [4.69, 9.17) is 4.98 Å². The molecule has 1 atom stereocenters. The van der Waals surface area contributed by atoms with Crippen molar-refractivity contribution in [2.75, 3.05) is 39.3 Å². The number of hydrogen-bond acceptors (Lipinski definition) is 6. The van der Waals surface area contributed by atoms with Gasteiger partial charge in [-0.2, -0.15) is 0 Å². The number of rotatable bonds is 12. The number of nitrogens with zero attached hydrogens (tertiary/aromatic N) is 5. The summed E-state index contributed by atoms with van der Waals surface area (Å²) in [4.78, 5) is 17.8. The van der Waals surface area contributed by atoms with Crippen molar-refractivity contribution in [1.82, 2.24) is 34.6 Å². The fourth-order valence-electron chi connectivity index (χ4n) is 6.40. The molecule has 0 aliphatic carbocycles. The molecule has 2 saturated heterocycles. The summed E-state index contributed by atoms with van der Waals surface area (Å²) in [7, 11) is 0. The molecule has 2 aromatic heterocycles. The lowest BCUT2D eigenvalue weighted by molar-refractivity contribution is 0.0989. The van der Waals surface area contributed by atoms with E-state index >= 15 is 0 Å². The molecule has 8 heteroatoms. The topological polar surface area (TPSA) is 85.2 Å². The summed E-state index contributed by atoms with van der Waals surface area (Å²) in [5.41, 5.74) is 1.60. The lowest BCUT2D eigenvalue weighted by Crippen LogP contribution is -2.42. The van der Waals surface area contributed by atoms with E-state index in [1.54, 1.807) is 18.3 Å². The molecule has 0 amide bonds. The number of aromatic amines is 1. The Bertz CT molecular complexity index is 1120. The van der Waals surface area contributed by atoms with Crippen molar-refractivity contribution in [2.45, 2.75) is 65.1 Å². The highest BCUT2D eigenvalue weighted by Gasteiger charge is 2.40. The molecule has 8 nitrogen and oxygen atoms in total. The number of piperidine rings is 1. The van der Waals surface area contributed by atoms with Gasteiger partial charge in [-0.25, -0.2) is 9.97 Å². The number of nitrogens with one attached hydrogen (secondary N) is 2. The van der Waals surface area contributed by atoms with Gasteiger partial charge in [-0.15, -0.1) is 0 Å². The average molecular weight is 520 g/mol. The number of H-pyrrole nitrogens is 1. The van der Waals surface area contributed by atoms with E-state index in [1.165, 1.54) is 52.0 Å². The molecule has 0 bridgehead atoms. The van der Waals surface area contributed by atoms with Gasteiger partial charge in [0.15, 0.2) is 0 Å². The minimum Gasteiger partial charge on any atom is -0.508 e. The van der Waals surface area contributed by atoms with Crippen LogP contribution in [0, 0.1) is 11.3 Å². The van der Waals surface area contributed by atoms with Crippen molar-refractivity contribution >= 4 is 0 Å². The number of aromatic nitrogens is 4. The molecule has 3 N–H and O–H groups in total. The monoisotopic (exact) mass is 519 g/mol. The first-order valence-corrected chi connectivity index (χ1v) is 14.4. The molecule has 2 aliphatic heterocycles. The van der Waals surface area contributed by atoms with Crippen LogP contribution in [0.3, 0.4) is 0 Å². The first-order chi connectivity index (χ1) is 18.5. The molecule has 4 heterocycles. The van der Waals surface area contributed by atoms with Gasteiger partial charge in [0.25, 0.3) is 0 Å². The van der Waals surface area contributed by atoms with E-state index < -0.39 is 0 Å². The minimum absolute atomic E-state index is 0.0181. The molecule has 3 aromatic rings. The second-order valence-electron chi connectivity index (χ2n) is 11.9. The van der Waals surface area contributed by atoms with Crippen molar-refractivity contribution in [2.24, 2.45) is 11.3 Å². The number of benzene rings is 1. The summed E-state index contributed by atoms with van der Waals surface area (Å²) in [6.07, 6.45) is 13.6. The number of imidazole rings is 2. The minimum atomic E-state index is 0.0181. The van der Waals surface area contributed by atoms with Crippen LogP contribution in [-0.4, -0.2) is 73.7 Å². The van der Waals surface area contributed by atoms with E-state index in [1.807, 2.05) is 24.5 Å². The third kappa shape index (κ3) is 7.04. The maximum Gasteiger partial charge on any atom is 0.126 e. The molecule has 1 aromatic carbocycles. The lowest BCUT2D eigenvalue weighted by Gasteiger charge is -2.40. The second kappa shape index (κ2) is 12.5. The van der Waals surface area contributed by atoms with Crippen molar-refractivity contribution in [3.05, 3.63) is 66.3 Å². The van der Waals surface area contributed by atoms with Gasteiger partial charge in [-0.3, -0.25) is 0 Å². The molecule has 0 saturated carbocycles. The number of phenols is 1. The quantitative estimate of drug-likeness (QED) is 0.332. The van der Waals surface area contributed by atoms with Gasteiger partial charge in [0, 0.05) is 57.4 Å². The third-order valence-electron chi connectivity index (χ3n) is 8.41. The Hall–Kier alpha value is -2.68. The van der Waals surface area contributed by atoms with E-state index in [0.29, 0.717) is 12.0 Å². The Balaban J connectivity index is 1.15. The van der Waals surface area contributed by atoms with Gasteiger partial charge in [0.2, 0.25) is 0 Å². The fourth-order valence-corrected chi connectivity index (χ4v) is 6.40. The second-order valence-corrected chi connectivity index (χ2v) is 11.9. The maximum atomic E-state index is 9.86. The van der Waals surface area contributed by atoms with Crippen LogP contribution in [0.4, 0.5) is 0 Å². The van der Waals surface area contributed by atoms with Crippen LogP contribution in [0.5, 0.6) is 5.75 Å². The zero-order valence-corrected chi connectivity index (χ0v) is 23.1. The van der Waals surface area contributed by atoms with Gasteiger partial charge in [-0.1, -0.05) is 26.0 Å². The predicted octanol–water partition coefficient (Wildman–Crippen LogP) is 4.22. The first kappa shape index (κ1) is 26.9. The Morgan fingerprint density at radius 3 is 2.61 bits per heavy atom.